The molecular weight excluding hydrogens is 154 g/mol. The van der Waals surface area contributed by atoms with Crippen LogP contribution in [0.3, 0.4) is 0 Å². The zero-order chi connectivity index (χ0) is 8.97. The molecular formula is C9H13NO2. The Labute approximate surface area is 71.1 Å². The quantitative estimate of drug-likeness (QED) is 0.673. The van der Waals surface area contributed by atoms with Gasteiger partial charge in [-0.2, -0.15) is 0 Å². The summed E-state index contributed by atoms with van der Waals surface area (Å²) in [5, 5.41) is 10.4. The molecule has 0 aromatic rings. The summed E-state index contributed by atoms with van der Waals surface area (Å²) in [6.07, 6.45) is 0. The highest BCUT2D eigenvalue weighted by Gasteiger charge is 2.03. The van der Waals surface area contributed by atoms with Crippen LogP contribution in [-0.4, -0.2) is 25.4 Å². The van der Waals surface area contributed by atoms with E-state index in [0.29, 0.717) is 6.54 Å². The molecule has 0 fully saturated rings. The summed E-state index contributed by atoms with van der Waals surface area (Å²) in [5.74, 6) is 1.03. The summed E-state index contributed by atoms with van der Waals surface area (Å²) in [6.45, 7) is 0.472. The van der Waals surface area contributed by atoms with E-state index in [1.807, 2.05) is 6.07 Å². The second kappa shape index (κ2) is 4.09. The number of aliphatic hydroxyl groups is 1. The second-order valence-corrected chi connectivity index (χ2v) is 2.43. The van der Waals surface area contributed by atoms with Crippen molar-refractivity contribution in [3.05, 3.63) is 28.6 Å². The van der Waals surface area contributed by atoms with Crippen LogP contribution in [0.5, 0.6) is 5.75 Å². The van der Waals surface area contributed by atoms with Crippen LogP contribution in [0.25, 0.3) is 0 Å². The van der Waals surface area contributed by atoms with Crippen LogP contribution in [0.2, 0.25) is 0 Å². The average molecular weight is 167 g/mol. The van der Waals surface area contributed by atoms with E-state index in [1.165, 1.54) is 10.4 Å². The molecule has 0 saturated carbocycles. The Bertz CT molecular complexity index is 333. The molecule has 66 valence electrons. The summed E-state index contributed by atoms with van der Waals surface area (Å²) in [7, 11) is 1.70. The first-order chi connectivity index (χ1) is 5.83. The van der Waals surface area contributed by atoms with Crippen LogP contribution in [0.1, 0.15) is 0 Å². The number of ether oxygens (including phenoxy) is 1. The highest BCUT2D eigenvalue weighted by Crippen LogP contribution is 2.22. The van der Waals surface area contributed by atoms with Crippen LogP contribution in [0, 0.1) is 10.4 Å². The lowest BCUT2D eigenvalue weighted by molar-refractivity contribution is 0.306. The molecule has 3 N–H and O–H groups in total. The highest BCUT2D eigenvalue weighted by atomic mass is 16.5. The molecule has 0 amide bonds. The maximum absolute atomic E-state index is 7.75. The van der Waals surface area contributed by atoms with Gasteiger partial charge in [-0.1, -0.05) is 12.1 Å². The summed E-state index contributed by atoms with van der Waals surface area (Å²) in [4.78, 5) is 0. The first-order valence-electron chi connectivity index (χ1n) is 3.82. The molecule has 0 aromatic heterocycles. The third-order valence-electron chi connectivity index (χ3n) is 1.64. The standard InChI is InChI=1S/C7H6O.C2H7NO/c1-8-7-4-5-2-3-6(5)7;3-1-2-4/h2-4H,1H3;4H,1-3H2. The molecule has 0 unspecified atom stereocenters. The minimum Gasteiger partial charge on any atom is -0.496 e. The molecule has 0 spiro atoms. The minimum atomic E-state index is 0.0972. The van der Waals surface area contributed by atoms with Crippen molar-refractivity contribution in [3.63, 3.8) is 0 Å². The topological polar surface area (TPSA) is 55.5 Å². The Hall–Kier alpha value is -1.06. The predicted molar refractivity (Wildman–Crippen MR) is 46.8 cm³/mol. The monoisotopic (exact) mass is 167 g/mol. The van der Waals surface area contributed by atoms with Crippen molar-refractivity contribution in [2.24, 2.45) is 5.73 Å². The number of hydrogen-bond donors (Lipinski definition) is 2. The molecule has 2 rings (SSSR count). The largest absolute Gasteiger partial charge is 0.496 e. The van der Waals surface area contributed by atoms with E-state index >= 15 is 0 Å². The average Bonchev–Trinajstić information content (AvgIpc) is 2.10. The Morgan fingerprint density at radius 2 is 2.17 bits per heavy atom. The molecule has 0 saturated heterocycles. The SMILES string of the molecule is COc1cc2ccc1=2.NCCO. The van der Waals surface area contributed by atoms with E-state index in [-0.39, 0.29) is 6.61 Å². The van der Waals surface area contributed by atoms with E-state index in [4.69, 9.17) is 15.6 Å². The minimum absolute atomic E-state index is 0.0972. The maximum atomic E-state index is 7.75. The van der Waals surface area contributed by atoms with Gasteiger partial charge in [0.15, 0.2) is 0 Å². The Morgan fingerprint density at radius 3 is 2.25 bits per heavy atom. The van der Waals surface area contributed by atoms with Crippen molar-refractivity contribution in [2.75, 3.05) is 20.3 Å². The third kappa shape index (κ3) is 1.57. The van der Waals surface area contributed by atoms with Gasteiger partial charge in [-0.15, -0.1) is 0 Å². The van der Waals surface area contributed by atoms with Crippen molar-refractivity contribution in [1.82, 2.24) is 0 Å². The van der Waals surface area contributed by atoms with Gasteiger partial charge < -0.3 is 15.6 Å². The third-order valence-corrected chi connectivity index (χ3v) is 1.64. The van der Waals surface area contributed by atoms with Crippen LogP contribution in [0.4, 0.5) is 0 Å². The summed E-state index contributed by atoms with van der Waals surface area (Å²) >= 11 is 0. The fraction of sp³-hybridized carbons (Fsp3) is 0.333. The number of rotatable bonds is 2. The molecule has 2 aliphatic carbocycles. The van der Waals surface area contributed by atoms with Gasteiger partial charge in [-0.25, -0.2) is 0 Å². The molecule has 2 aliphatic rings. The van der Waals surface area contributed by atoms with Gasteiger partial charge in [0.25, 0.3) is 0 Å². The van der Waals surface area contributed by atoms with Crippen molar-refractivity contribution in [1.29, 1.82) is 0 Å². The van der Waals surface area contributed by atoms with Crippen molar-refractivity contribution in [2.45, 2.75) is 0 Å². The normalized spacial score (nSPS) is 9.92. The summed E-state index contributed by atoms with van der Waals surface area (Å²) < 4.78 is 4.97. The number of hydrogen-bond acceptors (Lipinski definition) is 3. The predicted octanol–water partition coefficient (Wildman–Crippen LogP) is 0.233. The first-order valence-corrected chi connectivity index (χ1v) is 3.82. The number of nitrogens with two attached hydrogens (primary N) is 1. The molecule has 0 heterocycles. The summed E-state index contributed by atoms with van der Waals surface area (Å²) in [6, 6.07) is 6.18. The molecule has 0 aliphatic heterocycles. The lowest BCUT2D eigenvalue weighted by Crippen LogP contribution is -2.02. The number of benzene rings is 1. The molecule has 0 radical (unpaired) electrons. The maximum Gasteiger partial charge on any atom is 0.127 e. The fourth-order valence-corrected chi connectivity index (χ4v) is 0.923. The zero-order valence-electron chi connectivity index (χ0n) is 7.08. The van der Waals surface area contributed by atoms with E-state index in [9.17, 15) is 0 Å². The van der Waals surface area contributed by atoms with Crippen molar-refractivity contribution < 1.29 is 9.84 Å². The van der Waals surface area contributed by atoms with Crippen molar-refractivity contribution >= 4 is 0 Å². The molecule has 12 heavy (non-hydrogen) atoms. The second-order valence-electron chi connectivity index (χ2n) is 2.43. The molecule has 3 heteroatoms. The molecule has 0 atom stereocenters. The Morgan fingerprint density at radius 1 is 1.50 bits per heavy atom. The van der Waals surface area contributed by atoms with Gasteiger partial charge in [-0.05, 0) is 11.3 Å². The van der Waals surface area contributed by atoms with Gasteiger partial charge in [0.2, 0.25) is 0 Å². The highest BCUT2D eigenvalue weighted by molar-refractivity contribution is 5.38. The van der Waals surface area contributed by atoms with E-state index in [1.54, 1.807) is 7.11 Å². The van der Waals surface area contributed by atoms with Gasteiger partial charge in [0, 0.05) is 11.8 Å². The van der Waals surface area contributed by atoms with Gasteiger partial charge in [0.05, 0.1) is 13.7 Å². The van der Waals surface area contributed by atoms with Gasteiger partial charge >= 0.3 is 0 Å². The summed E-state index contributed by atoms with van der Waals surface area (Å²) in [5.41, 5.74) is 4.78. The molecule has 3 nitrogen and oxygen atoms in total. The number of aliphatic hydroxyl groups excluding tert-OH is 1. The Kier molecular flexibility index (Phi) is 3.08. The van der Waals surface area contributed by atoms with Crippen LogP contribution >= 0.6 is 0 Å². The van der Waals surface area contributed by atoms with Gasteiger partial charge in [-0.3, -0.25) is 0 Å². The van der Waals surface area contributed by atoms with Crippen LogP contribution in [0.15, 0.2) is 18.2 Å². The van der Waals surface area contributed by atoms with Crippen LogP contribution in [-0.2, 0) is 0 Å². The van der Waals surface area contributed by atoms with Gasteiger partial charge in [0.1, 0.15) is 5.75 Å². The molecule has 0 aromatic carbocycles. The smallest absolute Gasteiger partial charge is 0.127 e. The van der Waals surface area contributed by atoms with E-state index < -0.39 is 0 Å². The number of methoxy groups -OCH3 is 1. The van der Waals surface area contributed by atoms with Crippen LogP contribution < -0.4 is 10.5 Å². The van der Waals surface area contributed by atoms with Crippen molar-refractivity contribution in [3.8, 4) is 5.75 Å². The zero-order valence-corrected chi connectivity index (χ0v) is 7.08. The first kappa shape index (κ1) is 9.03. The lowest BCUT2D eigenvalue weighted by atomic mass is 10.1. The molecule has 0 bridgehead atoms. The van der Waals surface area contributed by atoms with E-state index in [2.05, 4.69) is 12.1 Å². The lowest BCUT2D eigenvalue weighted by Gasteiger charge is -2.08. The Balaban J connectivity index is 0.000000157. The fourth-order valence-electron chi connectivity index (χ4n) is 0.923. The van der Waals surface area contributed by atoms with E-state index in [0.717, 1.165) is 5.75 Å².